The second-order valence-corrected chi connectivity index (χ2v) is 4.46. The molecular weight excluding hydrogens is 240 g/mol. The first-order chi connectivity index (χ1) is 5.74. The van der Waals surface area contributed by atoms with Crippen LogP contribution < -0.4 is 5.73 Å². The summed E-state index contributed by atoms with van der Waals surface area (Å²) in [5.41, 5.74) is 5.61. The van der Waals surface area contributed by atoms with E-state index < -0.39 is 0 Å². The standard InChI is InChI=1S/C7H9BrN2OS/c1-2-11-10-7(9)5-3-4-6(8)12-5/h3-4H,2H2,1H3,(H2,9,10). The summed E-state index contributed by atoms with van der Waals surface area (Å²) in [7, 11) is 0. The number of halogens is 1. The molecule has 0 atom stereocenters. The molecule has 5 heteroatoms. The highest BCUT2D eigenvalue weighted by Crippen LogP contribution is 2.21. The van der Waals surface area contributed by atoms with E-state index in [-0.39, 0.29) is 0 Å². The largest absolute Gasteiger partial charge is 0.394 e. The van der Waals surface area contributed by atoms with Gasteiger partial charge in [0.05, 0.1) is 8.66 Å². The Morgan fingerprint density at radius 2 is 2.50 bits per heavy atom. The van der Waals surface area contributed by atoms with Gasteiger partial charge in [0.1, 0.15) is 6.61 Å². The quantitative estimate of drug-likeness (QED) is 0.507. The van der Waals surface area contributed by atoms with E-state index in [1.54, 1.807) is 0 Å². The van der Waals surface area contributed by atoms with Gasteiger partial charge in [-0.15, -0.1) is 11.3 Å². The third-order valence-electron chi connectivity index (χ3n) is 1.12. The van der Waals surface area contributed by atoms with Crippen molar-refractivity contribution in [3.05, 3.63) is 20.8 Å². The van der Waals surface area contributed by atoms with Gasteiger partial charge in [-0.25, -0.2) is 0 Å². The number of hydrogen-bond acceptors (Lipinski definition) is 3. The normalized spacial score (nSPS) is 11.7. The van der Waals surface area contributed by atoms with Crippen molar-refractivity contribution < 1.29 is 4.84 Å². The third kappa shape index (κ3) is 2.49. The van der Waals surface area contributed by atoms with Crippen LogP contribution >= 0.6 is 27.3 Å². The van der Waals surface area contributed by atoms with Gasteiger partial charge in [0.15, 0.2) is 5.84 Å². The maximum Gasteiger partial charge on any atom is 0.180 e. The Bertz CT molecular complexity index is 285. The molecular formula is C7H9BrN2OS. The van der Waals surface area contributed by atoms with Gasteiger partial charge in [-0.1, -0.05) is 5.16 Å². The molecule has 0 aliphatic rings. The van der Waals surface area contributed by atoms with Crippen molar-refractivity contribution in [2.45, 2.75) is 6.92 Å². The predicted octanol–water partition coefficient (Wildman–Crippen LogP) is 2.17. The first-order valence-corrected chi connectivity index (χ1v) is 5.06. The van der Waals surface area contributed by atoms with Crippen LogP contribution in [-0.2, 0) is 4.84 Å². The number of rotatable bonds is 3. The molecule has 2 N–H and O–H groups in total. The topological polar surface area (TPSA) is 47.6 Å². The lowest BCUT2D eigenvalue weighted by Gasteiger charge is -1.95. The fraction of sp³-hybridized carbons (Fsp3) is 0.286. The average molecular weight is 249 g/mol. The van der Waals surface area contributed by atoms with Crippen LogP contribution in [0.3, 0.4) is 0 Å². The van der Waals surface area contributed by atoms with Crippen LogP contribution in [-0.4, -0.2) is 12.4 Å². The molecule has 0 amide bonds. The van der Waals surface area contributed by atoms with Crippen LogP contribution in [0.1, 0.15) is 11.8 Å². The minimum atomic E-state index is 0.424. The second kappa shape index (κ2) is 4.47. The van der Waals surface area contributed by atoms with Crippen LogP contribution in [0, 0.1) is 0 Å². The Hall–Kier alpha value is -0.550. The molecule has 0 aliphatic heterocycles. The number of hydrogen-bond donors (Lipinski definition) is 1. The fourth-order valence-electron chi connectivity index (χ4n) is 0.631. The predicted molar refractivity (Wildman–Crippen MR) is 54.4 cm³/mol. The van der Waals surface area contributed by atoms with E-state index in [1.165, 1.54) is 11.3 Å². The van der Waals surface area contributed by atoms with Crippen molar-refractivity contribution in [1.29, 1.82) is 0 Å². The highest BCUT2D eigenvalue weighted by Gasteiger charge is 2.01. The van der Waals surface area contributed by atoms with Crippen LogP contribution in [0.25, 0.3) is 0 Å². The molecule has 0 saturated carbocycles. The van der Waals surface area contributed by atoms with Crippen molar-refractivity contribution in [3.8, 4) is 0 Å². The van der Waals surface area contributed by atoms with E-state index in [0.29, 0.717) is 12.4 Å². The highest BCUT2D eigenvalue weighted by molar-refractivity contribution is 9.11. The summed E-state index contributed by atoms with van der Waals surface area (Å²) in [6.07, 6.45) is 0. The lowest BCUT2D eigenvalue weighted by molar-refractivity contribution is 0.158. The molecule has 1 heterocycles. The van der Waals surface area contributed by atoms with Crippen LogP contribution in [0.5, 0.6) is 0 Å². The van der Waals surface area contributed by atoms with Gasteiger partial charge in [-0.05, 0) is 35.0 Å². The molecule has 0 aliphatic carbocycles. The maximum atomic E-state index is 5.61. The Morgan fingerprint density at radius 3 is 3.00 bits per heavy atom. The Kier molecular flexibility index (Phi) is 3.55. The molecule has 3 nitrogen and oxygen atoms in total. The van der Waals surface area contributed by atoms with Gasteiger partial charge in [0, 0.05) is 0 Å². The van der Waals surface area contributed by atoms with Gasteiger partial charge in [0.25, 0.3) is 0 Å². The zero-order chi connectivity index (χ0) is 8.97. The van der Waals surface area contributed by atoms with Gasteiger partial charge in [0.2, 0.25) is 0 Å². The summed E-state index contributed by atoms with van der Waals surface area (Å²) in [5, 5.41) is 3.71. The smallest absolute Gasteiger partial charge is 0.180 e. The molecule has 0 unspecified atom stereocenters. The summed E-state index contributed by atoms with van der Waals surface area (Å²) in [6, 6.07) is 3.82. The van der Waals surface area contributed by atoms with Crippen LogP contribution in [0.4, 0.5) is 0 Å². The van der Waals surface area contributed by atoms with Crippen molar-refractivity contribution >= 4 is 33.1 Å². The number of nitrogens with two attached hydrogens (primary N) is 1. The van der Waals surface area contributed by atoms with E-state index in [4.69, 9.17) is 10.6 Å². The monoisotopic (exact) mass is 248 g/mol. The number of oxime groups is 1. The molecule has 0 fully saturated rings. The zero-order valence-corrected chi connectivity index (χ0v) is 8.98. The van der Waals surface area contributed by atoms with Crippen molar-refractivity contribution in [2.75, 3.05) is 6.61 Å². The Labute approximate surface area is 83.3 Å². The Morgan fingerprint density at radius 1 is 1.75 bits per heavy atom. The number of thiophene rings is 1. The summed E-state index contributed by atoms with van der Waals surface area (Å²) < 4.78 is 1.03. The van der Waals surface area contributed by atoms with E-state index in [0.717, 1.165) is 8.66 Å². The minimum Gasteiger partial charge on any atom is -0.394 e. The van der Waals surface area contributed by atoms with Gasteiger partial charge >= 0.3 is 0 Å². The second-order valence-electron chi connectivity index (χ2n) is 2.00. The maximum absolute atomic E-state index is 5.61. The summed E-state index contributed by atoms with van der Waals surface area (Å²) in [6.45, 7) is 2.40. The molecule has 0 radical (unpaired) electrons. The number of nitrogens with zero attached hydrogens (tertiary/aromatic N) is 1. The highest BCUT2D eigenvalue weighted by atomic mass is 79.9. The molecule has 0 aromatic carbocycles. The van der Waals surface area contributed by atoms with Crippen molar-refractivity contribution in [1.82, 2.24) is 0 Å². The molecule has 0 spiro atoms. The molecule has 66 valence electrons. The molecule has 0 saturated heterocycles. The molecule has 12 heavy (non-hydrogen) atoms. The molecule has 1 aromatic heterocycles. The van der Waals surface area contributed by atoms with Gasteiger partial charge in [-0.2, -0.15) is 0 Å². The molecule has 1 rings (SSSR count). The SMILES string of the molecule is CCO/N=C(/N)c1ccc(Br)s1. The molecule has 1 aromatic rings. The fourth-order valence-corrected chi connectivity index (χ4v) is 1.91. The van der Waals surface area contributed by atoms with Crippen molar-refractivity contribution in [3.63, 3.8) is 0 Å². The summed E-state index contributed by atoms with van der Waals surface area (Å²) in [5.74, 6) is 0.424. The van der Waals surface area contributed by atoms with Crippen LogP contribution in [0.15, 0.2) is 21.1 Å². The van der Waals surface area contributed by atoms with E-state index in [1.807, 2.05) is 19.1 Å². The lowest BCUT2D eigenvalue weighted by atomic mass is 10.4. The Balaban J connectivity index is 2.70. The van der Waals surface area contributed by atoms with Gasteiger partial charge < -0.3 is 10.6 Å². The van der Waals surface area contributed by atoms with Crippen molar-refractivity contribution in [2.24, 2.45) is 10.9 Å². The van der Waals surface area contributed by atoms with E-state index in [2.05, 4.69) is 21.1 Å². The first-order valence-electron chi connectivity index (χ1n) is 3.45. The first kappa shape index (κ1) is 9.54. The average Bonchev–Trinajstić information content (AvgIpc) is 2.47. The molecule has 0 bridgehead atoms. The summed E-state index contributed by atoms with van der Waals surface area (Å²) in [4.78, 5) is 5.73. The number of amidine groups is 1. The van der Waals surface area contributed by atoms with Crippen LogP contribution in [0.2, 0.25) is 0 Å². The lowest BCUT2D eigenvalue weighted by Crippen LogP contribution is -2.11. The van der Waals surface area contributed by atoms with Gasteiger partial charge in [-0.3, -0.25) is 0 Å². The third-order valence-corrected chi connectivity index (χ3v) is 2.76. The summed E-state index contributed by atoms with van der Waals surface area (Å²) >= 11 is 4.86. The zero-order valence-electron chi connectivity index (χ0n) is 6.58. The van der Waals surface area contributed by atoms with E-state index in [9.17, 15) is 0 Å². The van der Waals surface area contributed by atoms with E-state index >= 15 is 0 Å². The minimum absolute atomic E-state index is 0.424.